The lowest BCUT2D eigenvalue weighted by Gasteiger charge is -2.29. The second-order valence-electron chi connectivity index (χ2n) is 8.35. The summed E-state index contributed by atoms with van der Waals surface area (Å²) in [5, 5.41) is 9.73. The van der Waals surface area contributed by atoms with Gasteiger partial charge in [-0.2, -0.15) is 5.26 Å². The van der Waals surface area contributed by atoms with Gasteiger partial charge < -0.3 is 4.90 Å². The Morgan fingerprint density at radius 1 is 1.19 bits per heavy atom. The van der Waals surface area contributed by atoms with Crippen LogP contribution in [-0.2, 0) is 11.3 Å². The minimum atomic E-state index is -0.243. The summed E-state index contributed by atoms with van der Waals surface area (Å²) in [4.78, 5) is 30.7. The monoisotopic (exact) mass is 458 g/mol. The molecule has 31 heavy (non-hydrogen) atoms. The van der Waals surface area contributed by atoms with Gasteiger partial charge in [0.25, 0.3) is 11.5 Å². The van der Waals surface area contributed by atoms with Gasteiger partial charge in [-0.15, -0.1) is 0 Å². The second-order valence-corrected chi connectivity index (χ2v) is 10.0. The van der Waals surface area contributed by atoms with Crippen LogP contribution in [0.15, 0.2) is 9.70 Å². The molecule has 0 saturated carbocycles. The molecule has 2 aliphatic heterocycles. The number of nitrogens with zero attached hydrogens (tertiary/aromatic N) is 4. The summed E-state index contributed by atoms with van der Waals surface area (Å²) in [7, 11) is 0. The van der Waals surface area contributed by atoms with Crippen LogP contribution in [0.3, 0.4) is 0 Å². The van der Waals surface area contributed by atoms with Crippen LogP contribution >= 0.6 is 24.0 Å². The van der Waals surface area contributed by atoms with Crippen molar-refractivity contribution in [2.24, 2.45) is 0 Å². The molecule has 0 radical (unpaired) electrons. The van der Waals surface area contributed by atoms with Gasteiger partial charge in [-0.1, -0.05) is 43.7 Å². The number of nitriles is 1. The number of amides is 1. The molecular formula is C23H30N4O2S2. The van der Waals surface area contributed by atoms with Crippen LogP contribution in [0.2, 0.25) is 0 Å². The lowest BCUT2D eigenvalue weighted by atomic mass is 10.0. The third-order valence-corrected chi connectivity index (χ3v) is 7.14. The minimum Gasteiger partial charge on any atom is -0.357 e. The zero-order valence-corrected chi connectivity index (χ0v) is 20.4. The van der Waals surface area contributed by atoms with E-state index < -0.39 is 0 Å². The maximum atomic E-state index is 13.2. The molecular weight excluding hydrogens is 428 g/mol. The van der Waals surface area contributed by atoms with Crippen LogP contribution in [0.25, 0.3) is 6.08 Å². The Hall–Kier alpha value is -2.11. The van der Waals surface area contributed by atoms with Crippen molar-refractivity contribution in [1.29, 1.82) is 5.26 Å². The number of aromatic nitrogens is 1. The Bertz CT molecular complexity index is 1010. The Morgan fingerprint density at radius 2 is 1.84 bits per heavy atom. The Kier molecular flexibility index (Phi) is 7.60. The topological polar surface area (TPSA) is 69.3 Å². The summed E-state index contributed by atoms with van der Waals surface area (Å²) in [6.45, 7) is 9.98. The van der Waals surface area contributed by atoms with E-state index in [-0.39, 0.29) is 23.1 Å². The molecule has 1 amide bonds. The molecule has 2 saturated heterocycles. The highest BCUT2D eigenvalue weighted by atomic mass is 32.2. The molecule has 0 bridgehead atoms. The highest BCUT2D eigenvalue weighted by Gasteiger charge is 2.34. The Morgan fingerprint density at radius 3 is 2.35 bits per heavy atom. The number of rotatable bonds is 5. The van der Waals surface area contributed by atoms with Gasteiger partial charge in [0.1, 0.15) is 21.8 Å². The van der Waals surface area contributed by atoms with E-state index >= 15 is 0 Å². The Labute approximate surface area is 193 Å². The average Bonchev–Trinajstić information content (AvgIpc) is 2.89. The molecule has 0 aromatic carbocycles. The van der Waals surface area contributed by atoms with Crippen LogP contribution in [0.1, 0.15) is 69.6 Å². The molecule has 1 aromatic rings. The maximum Gasteiger partial charge on any atom is 0.270 e. The third-order valence-electron chi connectivity index (χ3n) is 5.81. The quantitative estimate of drug-likeness (QED) is 0.480. The summed E-state index contributed by atoms with van der Waals surface area (Å²) >= 11 is 6.73. The molecule has 0 N–H and O–H groups in total. The number of anilines is 1. The highest BCUT2D eigenvalue weighted by Crippen LogP contribution is 2.37. The summed E-state index contributed by atoms with van der Waals surface area (Å²) < 4.78 is 2.29. The molecule has 0 atom stereocenters. The summed E-state index contributed by atoms with van der Waals surface area (Å²) in [5.41, 5.74) is 1.33. The van der Waals surface area contributed by atoms with Crippen molar-refractivity contribution in [3.05, 3.63) is 31.9 Å². The Balaban J connectivity index is 2.26. The summed E-state index contributed by atoms with van der Waals surface area (Å²) in [6, 6.07) is 2.09. The fraction of sp³-hybridized carbons (Fsp3) is 0.565. The van der Waals surface area contributed by atoms with Gasteiger partial charge in [-0.25, -0.2) is 0 Å². The molecule has 166 valence electrons. The van der Waals surface area contributed by atoms with Crippen molar-refractivity contribution in [2.45, 2.75) is 72.4 Å². The van der Waals surface area contributed by atoms with Crippen molar-refractivity contribution in [3.63, 3.8) is 0 Å². The molecule has 2 aliphatic rings. The normalized spacial score (nSPS) is 18.8. The molecule has 1 aromatic heterocycles. The van der Waals surface area contributed by atoms with E-state index in [0.29, 0.717) is 21.3 Å². The third kappa shape index (κ3) is 4.58. The first-order valence-corrected chi connectivity index (χ1v) is 12.2. The van der Waals surface area contributed by atoms with Gasteiger partial charge in [0.2, 0.25) is 0 Å². The maximum absolute atomic E-state index is 13.2. The van der Waals surface area contributed by atoms with Crippen molar-refractivity contribution in [1.82, 2.24) is 9.47 Å². The van der Waals surface area contributed by atoms with E-state index in [1.165, 1.54) is 24.6 Å². The molecule has 3 rings (SSSR count). The van der Waals surface area contributed by atoms with Crippen LogP contribution in [0.4, 0.5) is 5.82 Å². The smallest absolute Gasteiger partial charge is 0.270 e. The number of pyridine rings is 1. The molecule has 8 heteroatoms. The fourth-order valence-electron chi connectivity index (χ4n) is 4.25. The number of carbonyl (C=O) groups excluding carboxylic acids is 1. The van der Waals surface area contributed by atoms with E-state index in [9.17, 15) is 14.9 Å². The average molecular weight is 459 g/mol. The lowest BCUT2D eigenvalue weighted by Crippen LogP contribution is -2.35. The van der Waals surface area contributed by atoms with Gasteiger partial charge in [0, 0.05) is 31.2 Å². The standard InChI is InChI=1S/C23H30N4O2S2/c1-5-10-26-20(25-11-8-6-7-9-12-25)17(16(4)18(14-24)21(26)28)13-19-22(29)27(15(2)3)23(30)31-19/h13,15H,5-12H2,1-4H3. The predicted octanol–water partition coefficient (Wildman–Crippen LogP) is 4.43. The van der Waals surface area contributed by atoms with Gasteiger partial charge >= 0.3 is 0 Å². The number of hydrogen-bond donors (Lipinski definition) is 0. The minimum absolute atomic E-state index is 0.0201. The summed E-state index contributed by atoms with van der Waals surface area (Å²) in [6.07, 6.45) is 7.11. The second kappa shape index (κ2) is 10.0. The van der Waals surface area contributed by atoms with Gasteiger partial charge in [-0.3, -0.25) is 19.1 Å². The van der Waals surface area contributed by atoms with Crippen molar-refractivity contribution in [2.75, 3.05) is 18.0 Å². The van der Waals surface area contributed by atoms with E-state index in [0.717, 1.165) is 43.7 Å². The first kappa shape index (κ1) is 23.6. The predicted molar refractivity (Wildman–Crippen MR) is 131 cm³/mol. The number of hydrogen-bond acceptors (Lipinski definition) is 6. The molecule has 0 aliphatic carbocycles. The van der Waals surface area contributed by atoms with E-state index in [2.05, 4.69) is 11.0 Å². The highest BCUT2D eigenvalue weighted by molar-refractivity contribution is 8.26. The van der Waals surface area contributed by atoms with E-state index in [4.69, 9.17) is 12.2 Å². The molecule has 6 nitrogen and oxygen atoms in total. The first-order chi connectivity index (χ1) is 14.8. The van der Waals surface area contributed by atoms with Crippen LogP contribution in [0, 0.1) is 18.3 Å². The van der Waals surface area contributed by atoms with Crippen molar-refractivity contribution in [3.8, 4) is 6.07 Å². The van der Waals surface area contributed by atoms with Gasteiger partial charge in [-0.05, 0) is 51.7 Å². The number of thioether (sulfide) groups is 1. The lowest BCUT2D eigenvalue weighted by molar-refractivity contribution is -0.123. The van der Waals surface area contributed by atoms with Crippen molar-refractivity contribution < 1.29 is 4.79 Å². The molecule has 2 fully saturated rings. The van der Waals surface area contributed by atoms with E-state index in [1.54, 1.807) is 9.47 Å². The first-order valence-electron chi connectivity index (χ1n) is 11.0. The SMILES string of the molecule is CCCn1c(N2CCCCCC2)c(C=C2SC(=S)N(C(C)C)C2=O)c(C)c(C#N)c1=O. The van der Waals surface area contributed by atoms with E-state index in [1.807, 2.05) is 33.8 Å². The van der Waals surface area contributed by atoms with Crippen LogP contribution in [0.5, 0.6) is 0 Å². The zero-order chi connectivity index (χ0) is 22.7. The summed E-state index contributed by atoms with van der Waals surface area (Å²) in [5.74, 6) is 0.720. The van der Waals surface area contributed by atoms with Gasteiger partial charge in [0.15, 0.2) is 0 Å². The molecule has 0 spiro atoms. The largest absolute Gasteiger partial charge is 0.357 e. The van der Waals surface area contributed by atoms with Crippen molar-refractivity contribution >= 4 is 46.1 Å². The van der Waals surface area contributed by atoms with Crippen LogP contribution in [-0.4, -0.2) is 38.8 Å². The zero-order valence-electron chi connectivity index (χ0n) is 18.7. The van der Waals surface area contributed by atoms with Crippen LogP contribution < -0.4 is 10.5 Å². The fourth-order valence-corrected chi connectivity index (χ4v) is 5.76. The number of thiocarbonyl (C=S) groups is 1. The number of carbonyl (C=O) groups is 1. The molecule has 3 heterocycles. The molecule has 0 unspecified atom stereocenters. The van der Waals surface area contributed by atoms with Gasteiger partial charge in [0.05, 0.1) is 4.91 Å².